The first-order valence-electron chi connectivity index (χ1n) is 6.10. The molecule has 1 aliphatic rings. The summed E-state index contributed by atoms with van der Waals surface area (Å²) in [6.07, 6.45) is 2.22. The van der Waals surface area contributed by atoms with Crippen LogP contribution in [0.3, 0.4) is 0 Å². The molecule has 0 radical (unpaired) electrons. The van der Waals surface area contributed by atoms with Gasteiger partial charge in [-0.1, -0.05) is 30.3 Å². The number of hydrogen-bond donors (Lipinski definition) is 1. The standard InChI is InChI=1S/C15H18N2/c1-17(2)14-8-7-13(15(16)9-10-15)11-5-3-4-6-12(11)14/h3-8H,9-10,16H2,1-2H3. The summed E-state index contributed by atoms with van der Waals surface area (Å²) in [5, 5.41) is 2.60. The Morgan fingerprint density at radius 2 is 1.65 bits per heavy atom. The lowest BCUT2D eigenvalue weighted by Crippen LogP contribution is -2.19. The molecule has 0 spiro atoms. The maximum Gasteiger partial charge on any atom is 0.0440 e. The van der Waals surface area contributed by atoms with Gasteiger partial charge in [-0.2, -0.15) is 0 Å². The molecule has 0 aliphatic heterocycles. The third-order valence-electron chi connectivity index (χ3n) is 3.71. The van der Waals surface area contributed by atoms with E-state index < -0.39 is 0 Å². The third-order valence-corrected chi connectivity index (χ3v) is 3.71. The van der Waals surface area contributed by atoms with Gasteiger partial charge in [0.15, 0.2) is 0 Å². The van der Waals surface area contributed by atoms with Crippen LogP contribution in [0.25, 0.3) is 10.8 Å². The van der Waals surface area contributed by atoms with Crippen LogP contribution in [0.2, 0.25) is 0 Å². The SMILES string of the molecule is CN(C)c1ccc(C2(N)CC2)c2ccccc12. The number of nitrogens with zero attached hydrogens (tertiary/aromatic N) is 1. The Balaban J connectivity index is 2.31. The van der Waals surface area contributed by atoms with Gasteiger partial charge in [0, 0.05) is 30.7 Å². The van der Waals surface area contributed by atoms with Crippen LogP contribution in [-0.4, -0.2) is 14.1 Å². The van der Waals surface area contributed by atoms with Crippen LogP contribution in [-0.2, 0) is 5.54 Å². The molecule has 0 atom stereocenters. The van der Waals surface area contributed by atoms with Gasteiger partial charge in [-0.15, -0.1) is 0 Å². The molecule has 0 heterocycles. The summed E-state index contributed by atoms with van der Waals surface area (Å²) in [6.45, 7) is 0. The highest BCUT2D eigenvalue weighted by Crippen LogP contribution is 2.46. The van der Waals surface area contributed by atoms with Gasteiger partial charge in [-0.3, -0.25) is 0 Å². The molecule has 0 saturated heterocycles. The summed E-state index contributed by atoms with van der Waals surface area (Å²) < 4.78 is 0. The van der Waals surface area contributed by atoms with Gasteiger partial charge < -0.3 is 10.6 Å². The van der Waals surface area contributed by atoms with E-state index in [1.54, 1.807) is 0 Å². The fraction of sp³-hybridized carbons (Fsp3) is 0.333. The van der Waals surface area contributed by atoms with Crippen molar-refractivity contribution in [3.8, 4) is 0 Å². The molecule has 1 fully saturated rings. The molecule has 2 N–H and O–H groups in total. The lowest BCUT2D eigenvalue weighted by Gasteiger charge is -2.19. The Hall–Kier alpha value is -1.54. The minimum absolute atomic E-state index is 0.0650. The van der Waals surface area contributed by atoms with Gasteiger partial charge in [-0.05, 0) is 29.9 Å². The number of rotatable bonds is 2. The Morgan fingerprint density at radius 1 is 1.00 bits per heavy atom. The summed E-state index contributed by atoms with van der Waals surface area (Å²) in [7, 11) is 4.16. The largest absolute Gasteiger partial charge is 0.377 e. The van der Waals surface area contributed by atoms with E-state index in [1.807, 2.05) is 0 Å². The van der Waals surface area contributed by atoms with Gasteiger partial charge in [0.1, 0.15) is 0 Å². The molecular formula is C15H18N2. The highest BCUT2D eigenvalue weighted by molar-refractivity contribution is 5.97. The maximum atomic E-state index is 6.35. The van der Waals surface area contributed by atoms with E-state index >= 15 is 0 Å². The molecule has 2 aromatic carbocycles. The zero-order valence-corrected chi connectivity index (χ0v) is 10.4. The van der Waals surface area contributed by atoms with E-state index in [1.165, 1.54) is 22.0 Å². The minimum atomic E-state index is -0.0650. The van der Waals surface area contributed by atoms with E-state index in [2.05, 4.69) is 55.4 Å². The molecule has 0 bridgehead atoms. The van der Waals surface area contributed by atoms with Gasteiger partial charge >= 0.3 is 0 Å². The topological polar surface area (TPSA) is 29.3 Å². The average Bonchev–Trinajstić information content (AvgIpc) is 3.06. The van der Waals surface area contributed by atoms with Crippen molar-refractivity contribution in [2.45, 2.75) is 18.4 Å². The van der Waals surface area contributed by atoms with Crippen LogP contribution >= 0.6 is 0 Å². The number of fused-ring (bicyclic) bond motifs is 1. The summed E-state index contributed by atoms with van der Waals surface area (Å²) in [6, 6.07) is 12.9. The van der Waals surface area contributed by atoms with E-state index in [-0.39, 0.29) is 5.54 Å². The second-order valence-electron chi connectivity index (χ2n) is 5.23. The first-order chi connectivity index (χ1) is 8.12. The summed E-state index contributed by atoms with van der Waals surface area (Å²) in [4.78, 5) is 2.15. The van der Waals surface area contributed by atoms with Crippen LogP contribution in [0.1, 0.15) is 18.4 Å². The lowest BCUT2D eigenvalue weighted by molar-refractivity contribution is 0.748. The predicted molar refractivity (Wildman–Crippen MR) is 73.4 cm³/mol. The average molecular weight is 226 g/mol. The molecule has 1 saturated carbocycles. The van der Waals surface area contributed by atoms with E-state index in [9.17, 15) is 0 Å². The highest BCUT2D eigenvalue weighted by atomic mass is 15.1. The van der Waals surface area contributed by atoms with Crippen molar-refractivity contribution >= 4 is 16.5 Å². The van der Waals surface area contributed by atoms with Crippen LogP contribution in [0.4, 0.5) is 5.69 Å². The van der Waals surface area contributed by atoms with E-state index in [4.69, 9.17) is 5.73 Å². The zero-order chi connectivity index (χ0) is 12.0. The van der Waals surface area contributed by atoms with Crippen molar-refractivity contribution in [2.24, 2.45) is 5.73 Å². The second-order valence-corrected chi connectivity index (χ2v) is 5.23. The Morgan fingerprint density at radius 3 is 2.24 bits per heavy atom. The predicted octanol–water partition coefficient (Wildman–Crippen LogP) is 2.85. The van der Waals surface area contributed by atoms with Crippen LogP contribution in [0.15, 0.2) is 36.4 Å². The summed E-state index contributed by atoms with van der Waals surface area (Å²) >= 11 is 0. The van der Waals surface area contributed by atoms with Gasteiger partial charge in [0.25, 0.3) is 0 Å². The number of nitrogens with two attached hydrogens (primary N) is 1. The number of benzene rings is 2. The number of anilines is 1. The lowest BCUT2D eigenvalue weighted by atomic mass is 9.96. The first-order valence-corrected chi connectivity index (χ1v) is 6.10. The van der Waals surface area contributed by atoms with Crippen molar-refractivity contribution in [2.75, 3.05) is 19.0 Å². The molecule has 0 unspecified atom stereocenters. The highest BCUT2D eigenvalue weighted by Gasteiger charge is 2.41. The second kappa shape index (κ2) is 3.47. The van der Waals surface area contributed by atoms with Crippen LogP contribution in [0.5, 0.6) is 0 Å². The zero-order valence-electron chi connectivity index (χ0n) is 10.4. The molecule has 2 aromatic rings. The normalized spacial score (nSPS) is 17.1. The quantitative estimate of drug-likeness (QED) is 0.853. The van der Waals surface area contributed by atoms with Gasteiger partial charge in [0.05, 0.1) is 0 Å². The van der Waals surface area contributed by atoms with Crippen LogP contribution in [0, 0.1) is 0 Å². The Kier molecular flexibility index (Phi) is 2.17. The van der Waals surface area contributed by atoms with Crippen molar-refractivity contribution < 1.29 is 0 Å². The van der Waals surface area contributed by atoms with Gasteiger partial charge in [-0.25, -0.2) is 0 Å². The molecule has 2 nitrogen and oxygen atoms in total. The molecule has 0 aromatic heterocycles. The van der Waals surface area contributed by atoms with E-state index in [0.29, 0.717) is 0 Å². The van der Waals surface area contributed by atoms with Crippen molar-refractivity contribution in [1.82, 2.24) is 0 Å². The van der Waals surface area contributed by atoms with Crippen LogP contribution < -0.4 is 10.6 Å². The molecule has 2 heteroatoms. The van der Waals surface area contributed by atoms with E-state index in [0.717, 1.165) is 12.8 Å². The summed E-state index contributed by atoms with van der Waals surface area (Å²) in [5.41, 5.74) is 8.84. The third kappa shape index (κ3) is 1.60. The fourth-order valence-corrected chi connectivity index (χ4v) is 2.51. The Labute approximate surface area is 102 Å². The van der Waals surface area contributed by atoms with Crippen molar-refractivity contribution in [3.05, 3.63) is 42.0 Å². The molecule has 17 heavy (non-hydrogen) atoms. The molecule has 0 amide bonds. The summed E-state index contributed by atoms with van der Waals surface area (Å²) in [5.74, 6) is 0. The van der Waals surface area contributed by atoms with Crippen molar-refractivity contribution in [3.63, 3.8) is 0 Å². The maximum absolute atomic E-state index is 6.35. The number of hydrogen-bond acceptors (Lipinski definition) is 2. The molecule has 3 rings (SSSR count). The first kappa shape index (κ1) is 10.6. The monoisotopic (exact) mass is 226 g/mol. The molecule has 1 aliphatic carbocycles. The minimum Gasteiger partial charge on any atom is -0.377 e. The Bertz CT molecular complexity index is 568. The molecular weight excluding hydrogens is 208 g/mol. The van der Waals surface area contributed by atoms with Crippen molar-refractivity contribution in [1.29, 1.82) is 0 Å². The van der Waals surface area contributed by atoms with Gasteiger partial charge in [0.2, 0.25) is 0 Å². The smallest absolute Gasteiger partial charge is 0.0440 e. The molecule has 88 valence electrons. The fourth-order valence-electron chi connectivity index (χ4n) is 2.51.